The molecule has 0 spiro atoms. The second-order valence-corrected chi connectivity index (χ2v) is 8.70. The highest BCUT2D eigenvalue weighted by atomic mass is 16.5. The monoisotopic (exact) mass is 424 g/mol. The van der Waals surface area contributed by atoms with Gasteiger partial charge in [-0.3, -0.25) is 4.79 Å². The molecular formula is C26H36N2O3. The minimum absolute atomic E-state index is 0.0585. The van der Waals surface area contributed by atoms with Crippen molar-refractivity contribution >= 4 is 11.8 Å². The van der Waals surface area contributed by atoms with Crippen LogP contribution in [0.1, 0.15) is 81.0 Å². The lowest BCUT2D eigenvalue weighted by molar-refractivity contribution is 0.0700. The molecule has 1 unspecified atom stereocenters. The summed E-state index contributed by atoms with van der Waals surface area (Å²) in [6, 6.07) is 10.3. The number of rotatable bonds is 10. The maximum atomic E-state index is 13.7. The van der Waals surface area contributed by atoms with Gasteiger partial charge in [0.25, 0.3) is 5.91 Å². The Morgan fingerprint density at radius 3 is 2.39 bits per heavy atom. The number of unbranched alkanes of at least 4 members (excludes halogenated alkanes) is 4. The highest BCUT2D eigenvalue weighted by molar-refractivity contribution is 6.07. The van der Waals surface area contributed by atoms with Gasteiger partial charge in [-0.1, -0.05) is 76.3 Å². The molecule has 1 atom stereocenters. The van der Waals surface area contributed by atoms with Crippen LogP contribution in [0.3, 0.4) is 0 Å². The van der Waals surface area contributed by atoms with E-state index in [-0.39, 0.29) is 11.9 Å². The van der Waals surface area contributed by atoms with Crippen molar-refractivity contribution in [2.45, 2.75) is 64.8 Å². The molecule has 1 aromatic heterocycles. The number of furan rings is 1. The third-order valence-corrected chi connectivity index (χ3v) is 6.51. The minimum atomic E-state index is 0.0585. The molecule has 0 N–H and O–H groups in total. The quantitative estimate of drug-likeness (QED) is 0.436. The molecule has 5 nitrogen and oxygen atoms in total. The third-order valence-electron chi connectivity index (χ3n) is 6.51. The number of fused-ring (bicyclic) bond motifs is 1. The van der Waals surface area contributed by atoms with Crippen LogP contribution in [0.5, 0.6) is 0 Å². The van der Waals surface area contributed by atoms with E-state index >= 15 is 0 Å². The lowest BCUT2D eigenvalue weighted by Gasteiger charge is -2.29. The Morgan fingerprint density at radius 1 is 0.935 bits per heavy atom. The maximum absolute atomic E-state index is 13.7. The fraction of sp³-hybridized carbons (Fsp3) is 0.577. The molecule has 1 amide bonds. The average molecular weight is 425 g/mol. The minimum Gasteiger partial charge on any atom is -0.442 e. The molecule has 1 fully saturated rings. The lowest BCUT2D eigenvalue weighted by atomic mass is 10.00. The van der Waals surface area contributed by atoms with Crippen molar-refractivity contribution in [2.75, 3.05) is 37.7 Å². The summed E-state index contributed by atoms with van der Waals surface area (Å²) in [5, 5.41) is 0. The molecule has 4 rings (SSSR count). The van der Waals surface area contributed by atoms with Crippen molar-refractivity contribution in [3.05, 3.63) is 41.7 Å². The van der Waals surface area contributed by atoms with Crippen LogP contribution in [0.25, 0.3) is 11.1 Å². The highest BCUT2D eigenvalue weighted by Crippen LogP contribution is 2.48. The molecule has 2 aliphatic heterocycles. The van der Waals surface area contributed by atoms with E-state index < -0.39 is 0 Å². The van der Waals surface area contributed by atoms with Crippen LogP contribution in [0.15, 0.2) is 34.7 Å². The number of amides is 1. The molecule has 31 heavy (non-hydrogen) atoms. The van der Waals surface area contributed by atoms with Gasteiger partial charge in [-0.2, -0.15) is 0 Å². The smallest absolute Gasteiger partial charge is 0.258 e. The van der Waals surface area contributed by atoms with Gasteiger partial charge < -0.3 is 19.0 Å². The summed E-state index contributed by atoms with van der Waals surface area (Å²) in [5.74, 6) is 1.88. The van der Waals surface area contributed by atoms with Crippen LogP contribution in [0, 0.1) is 0 Å². The van der Waals surface area contributed by atoms with E-state index in [9.17, 15) is 4.79 Å². The number of carbonyl (C=O) groups is 1. The van der Waals surface area contributed by atoms with E-state index in [1.807, 2.05) is 18.2 Å². The van der Waals surface area contributed by atoms with Crippen LogP contribution in [0.4, 0.5) is 5.88 Å². The van der Waals surface area contributed by atoms with Crippen molar-refractivity contribution in [3.63, 3.8) is 0 Å². The van der Waals surface area contributed by atoms with Gasteiger partial charge in [-0.25, -0.2) is 0 Å². The van der Waals surface area contributed by atoms with Gasteiger partial charge in [-0.05, 0) is 18.4 Å². The Morgan fingerprint density at radius 2 is 1.68 bits per heavy atom. The van der Waals surface area contributed by atoms with Crippen LogP contribution in [0.2, 0.25) is 0 Å². The van der Waals surface area contributed by atoms with Crippen LogP contribution >= 0.6 is 0 Å². The summed E-state index contributed by atoms with van der Waals surface area (Å²) in [6.45, 7) is 8.19. The van der Waals surface area contributed by atoms with Gasteiger partial charge in [0.15, 0.2) is 0 Å². The number of benzene rings is 1. The average Bonchev–Trinajstić information content (AvgIpc) is 3.32. The Bertz CT molecular complexity index is 855. The molecule has 168 valence electrons. The largest absolute Gasteiger partial charge is 0.442 e. The highest BCUT2D eigenvalue weighted by Gasteiger charge is 2.44. The molecule has 0 radical (unpaired) electrons. The van der Waals surface area contributed by atoms with E-state index in [2.05, 4.69) is 35.8 Å². The maximum Gasteiger partial charge on any atom is 0.258 e. The normalized spacial score (nSPS) is 18.6. The molecular weight excluding hydrogens is 388 g/mol. The van der Waals surface area contributed by atoms with E-state index in [0.717, 1.165) is 73.7 Å². The van der Waals surface area contributed by atoms with E-state index in [1.165, 1.54) is 19.3 Å². The summed E-state index contributed by atoms with van der Waals surface area (Å²) in [4.78, 5) is 18.0. The molecule has 2 aromatic rings. The Balaban J connectivity index is 1.74. The van der Waals surface area contributed by atoms with Crippen molar-refractivity contribution in [2.24, 2.45) is 0 Å². The van der Waals surface area contributed by atoms with Gasteiger partial charge >= 0.3 is 0 Å². The molecule has 0 bridgehead atoms. The van der Waals surface area contributed by atoms with Crippen molar-refractivity contribution in [1.29, 1.82) is 0 Å². The zero-order chi connectivity index (χ0) is 21.6. The van der Waals surface area contributed by atoms with Crippen LogP contribution < -0.4 is 4.90 Å². The van der Waals surface area contributed by atoms with Gasteiger partial charge in [-0.15, -0.1) is 0 Å². The summed E-state index contributed by atoms with van der Waals surface area (Å²) < 4.78 is 12.2. The standard InChI is InChI=1S/C26H36N2O3/c1-3-5-7-11-14-21-24-23(25(29)28(21)15-6-4-2)22(20-12-9-8-10-13-20)26(31-24)27-16-18-30-19-17-27/h8-10,12-13,21H,3-7,11,14-19H2,1-2H3. The molecule has 0 aliphatic carbocycles. The number of ether oxygens (including phenoxy) is 1. The fourth-order valence-corrected chi connectivity index (χ4v) is 4.81. The molecule has 0 saturated carbocycles. The van der Waals surface area contributed by atoms with Gasteiger partial charge in [0.05, 0.1) is 30.4 Å². The van der Waals surface area contributed by atoms with Crippen LogP contribution in [-0.2, 0) is 4.74 Å². The molecule has 3 heterocycles. The van der Waals surface area contributed by atoms with Crippen molar-refractivity contribution in [1.82, 2.24) is 4.90 Å². The number of hydrogen-bond acceptors (Lipinski definition) is 4. The molecule has 2 aliphatic rings. The third kappa shape index (κ3) is 4.52. The molecule has 5 heteroatoms. The summed E-state index contributed by atoms with van der Waals surface area (Å²) >= 11 is 0. The van der Waals surface area contributed by atoms with Crippen molar-refractivity contribution < 1.29 is 13.9 Å². The Hall–Kier alpha value is -2.27. The first-order valence-electron chi connectivity index (χ1n) is 12.1. The Labute approximate surface area is 186 Å². The molecule has 1 saturated heterocycles. The predicted octanol–water partition coefficient (Wildman–Crippen LogP) is 6.05. The zero-order valence-electron chi connectivity index (χ0n) is 19.1. The number of nitrogens with zero attached hydrogens (tertiary/aromatic N) is 2. The first-order chi connectivity index (χ1) is 15.3. The topological polar surface area (TPSA) is 45.9 Å². The predicted molar refractivity (Wildman–Crippen MR) is 125 cm³/mol. The van der Waals surface area contributed by atoms with Gasteiger partial charge in [0.2, 0.25) is 5.88 Å². The summed E-state index contributed by atoms with van der Waals surface area (Å²) in [7, 11) is 0. The molecule has 1 aromatic carbocycles. The second kappa shape index (κ2) is 10.4. The zero-order valence-corrected chi connectivity index (χ0v) is 19.1. The van der Waals surface area contributed by atoms with E-state index in [0.29, 0.717) is 13.2 Å². The first kappa shape index (κ1) is 21.9. The van der Waals surface area contributed by atoms with E-state index in [1.54, 1.807) is 0 Å². The first-order valence-corrected chi connectivity index (χ1v) is 12.1. The van der Waals surface area contributed by atoms with Gasteiger partial charge in [0.1, 0.15) is 5.76 Å². The van der Waals surface area contributed by atoms with E-state index in [4.69, 9.17) is 9.15 Å². The Kier molecular flexibility index (Phi) is 7.33. The van der Waals surface area contributed by atoms with Crippen LogP contribution in [-0.4, -0.2) is 43.7 Å². The summed E-state index contributed by atoms with van der Waals surface area (Å²) in [6.07, 6.45) is 7.88. The van der Waals surface area contributed by atoms with Crippen molar-refractivity contribution in [3.8, 4) is 11.1 Å². The second-order valence-electron chi connectivity index (χ2n) is 8.70. The number of hydrogen-bond donors (Lipinski definition) is 0. The lowest BCUT2D eigenvalue weighted by Crippen LogP contribution is -2.36. The summed E-state index contributed by atoms with van der Waals surface area (Å²) in [5.41, 5.74) is 2.83. The SMILES string of the molecule is CCCCCCC1c2oc(N3CCOCC3)c(-c3ccccc3)c2C(=O)N1CCCC. The number of carbonyl (C=O) groups excluding carboxylic acids is 1. The number of anilines is 1. The van der Waals surface area contributed by atoms with Gasteiger partial charge in [0, 0.05) is 19.6 Å². The number of morpholine rings is 1. The fourth-order valence-electron chi connectivity index (χ4n) is 4.81.